The standard InChI is InChI=1S/C11H14F3NS/c1-10(2,15-3)8-4-6-9(7-5-8)16-11(12,13)14/h4-7,15H,1-3H3. The number of thioether (sulfide) groups is 1. The van der Waals surface area contributed by atoms with Crippen molar-refractivity contribution in [3.8, 4) is 0 Å². The minimum atomic E-state index is -4.22. The van der Waals surface area contributed by atoms with E-state index in [0.29, 0.717) is 0 Å². The van der Waals surface area contributed by atoms with Gasteiger partial charge >= 0.3 is 5.51 Å². The van der Waals surface area contributed by atoms with Crippen LogP contribution in [-0.2, 0) is 5.54 Å². The van der Waals surface area contributed by atoms with Crippen molar-refractivity contribution in [1.82, 2.24) is 5.32 Å². The average Bonchev–Trinajstić information content (AvgIpc) is 2.16. The Morgan fingerprint density at radius 3 is 1.94 bits per heavy atom. The SMILES string of the molecule is CNC(C)(C)c1ccc(SC(F)(F)F)cc1. The third-order valence-electron chi connectivity index (χ3n) is 2.43. The zero-order chi connectivity index (χ0) is 12.4. The van der Waals surface area contributed by atoms with Crippen molar-refractivity contribution in [2.24, 2.45) is 0 Å². The second-order valence-corrected chi connectivity index (χ2v) is 5.09. The third kappa shape index (κ3) is 3.72. The minimum absolute atomic E-state index is 0.0927. The van der Waals surface area contributed by atoms with Gasteiger partial charge in [0.15, 0.2) is 0 Å². The third-order valence-corrected chi connectivity index (χ3v) is 3.17. The molecule has 0 fully saturated rings. The second-order valence-electron chi connectivity index (χ2n) is 3.95. The van der Waals surface area contributed by atoms with Gasteiger partial charge in [-0.05, 0) is 50.4 Å². The molecule has 0 bridgehead atoms. The molecule has 90 valence electrons. The molecule has 0 aliphatic heterocycles. The van der Waals surface area contributed by atoms with Gasteiger partial charge in [-0.25, -0.2) is 0 Å². The number of hydrogen-bond acceptors (Lipinski definition) is 2. The molecule has 0 aliphatic rings. The molecule has 0 spiro atoms. The smallest absolute Gasteiger partial charge is 0.311 e. The van der Waals surface area contributed by atoms with Gasteiger partial charge in [0.05, 0.1) is 0 Å². The molecular formula is C11H14F3NS. The van der Waals surface area contributed by atoms with Crippen molar-refractivity contribution < 1.29 is 13.2 Å². The summed E-state index contributed by atoms with van der Waals surface area (Å²) in [6.07, 6.45) is 0. The Morgan fingerprint density at radius 2 is 1.56 bits per heavy atom. The van der Waals surface area contributed by atoms with Crippen LogP contribution in [-0.4, -0.2) is 12.6 Å². The van der Waals surface area contributed by atoms with Gasteiger partial charge in [-0.3, -0.25) is 0 Å². The van der Waals surface area contributed by atoms with E-state index in [-0.39, 0.29) is 22.2 Å². The molecule has 1 aromatic rings. The molecule has 0 saturated heterocycles. The van der Waals surface area contributed by atoms with Crippen LogP contribution in [0.25, 0.3) is 0 Å². The number of rotatable bonds is 3. The summed E-state index contributed by atoms with van der Waals surface area (Å²) < 4.78 is 36.3. The van der Waals surface area contributed by atoms with Gasteiger partial charge < -0.3 is 5.32 Å². The van der Waals surface area contributed by atoms with Crippen LogP contribution >= 0.6 is 11.8 Å². The Labute approximate surface area is 97.4 Å². The van der Waals surface area contributed by atoms with E-state index in [1.54, 1.807) is 12.1 Å². The highest BCUT2D eigenvalue weighted by Gasteiger charge is 2.29. The van der Waals surface area contributed by atoms with Gasteiger partial charge in [0.1, 0.15) is 0 Å². The van der Waals surface area contributed by atoms with E-state index >= 15 is 0 Å². The number of hydrogen-bond donors (Lipinski definition) is 1. The summed E-state index contributed by atoms with van der Waals surface area (Å²) in [7, 11) is 1.82. The fourth-order valence-corrected chi connectivity index (χ4v) is 1.76. The molecule has 1 N–H and O–H groups in total. The van der Waals surface area contributed by atoms with E-state index in [1.165, 1.54) is 12.1 Å². The summed E-state index contributed by atoms with van der Waals surface area (Å²) in [5.74, 6) is 0. The van der Waals surface area contributed by atoms with E-state index in [0.717, 1.165) is 5.56 Å². The molecule has 1 aromatic carbocycles. The number of halogens is 3. The van der Waals surface area contributed by atoms with Gasteiger partial charge in [-0.1, -0.05) is 12.1 Å². The first-order chi connectivity index (χ1) is 7.24. The maximum atomic E-state index is 12.1. The highest BCUT2D eigenvalue weighted by Crippen LogP contribution is 2.37. The van der Waals surface area contributed by atoms with E-state index in [2.05, 4.69) is 5.32 Å². The first kappa shape index (κ1) is 13.4. The van der Waals surface area contributed by atoms with Gasteiger partial charge in [0, 0.05) is 10.4 Å². The highest BCUT2D eigenvalue weighted by atomic mass is 32.2. The van der Waals surface area contributed by atoms with Crippen LogP contribution in [0.5, 0.6) is 0 Å². The minimum Gasteiger partial charge on any atom is -0.311 e. The second kappa shape index (κ2) is 4.67. The predicted molar refractivity (Wildman–Crippen MR) is 60.4 cm³/mol. The summed E-state index contributed by atoms with van der Waals surface area (Å²) in [6, 6.07) is 6.41. The molecule has 0 amide bonds. The number of alkyl halides is 3. The lowest BCUT2D eigenvalue weighted by atomic mass is 9.95. The zero-order valence-electron chi connectivity index (χ0n) is 9.35. The summed E-state index contributed by atoms with van der Waals surface area (Å²) in [5, 5.41) is 3.10. The molecule has 5 heteroatoms. The van der Waals surface area contributed by atoms with Crippen LogP contribution in [0.1, 0.15) is 19.4 Å². The monoisotopic (exact) mass is 249 g/mol. The van der Waals surface area contributed by atoms with E-state index in [1.807, 2.05) is 20.9 Å². The van der Waals surface area contributed by atoms with E-state index in [4.69, 9.17) is 0 Å². The number of benzene rings is 1. The first-order valence-electron chi connectivity index (χ1n) is 4.80. The molecule has 0 aliphatic carbocycles. The van der Waals surface area contributed by atoms with Crippen LogP contribution in [0.4, 0.5) is 13.2 Å². The lowest BCUT2D eigenvalue weighted by molar-refractivity contribution is -0.0328. The molecule has 1 nitrogen and oxygen atoms in total. The maximum absolute atomic E-state index is 12.1. The van der Waals surface area contributed by atoms with Gasteiger partial charge in [-0.15, -0.1) is 0 Å². The van der Waals surface area contributed by atoms with Gasteiger partial charge in [-0.2, -0.15) is 13.2 Å². The molecule has 1 rings (SSSR count). The Bertz CT molecular complexity index is 343. The summed E-state index contributed by atoms with van der Waals surface area (Å²) in [6.45, 7) is 3.94. The lowest BCUT2D eigenvalue weighted by Gasteiger charge is -2.24. The Balaban J connectivity index is 2.84. The largest absolute Gasteiger partial charge is 0.446 e. The van der Waals surface area contributed by atoms with Crippen molar-refractivity contribution in [3.05, 3.63) is 29.8 Å². The topological polar surface area (TPSA) is 12.0 Å². The molecule has 0 heterocycles. The summed E-state index contributed by atoms with van der Waals surface area (Å²) in [4.78, 5) is 0.211. The van der Waals surface area contributed by atoms with Crippen molar-refractivity contribution >= 4 is 11.8 Å². The summed E-state index contributed by atoms with van der Waals surface area (Å²) >= 11 is -0.0927. The molecule has 0 atom stereocenters. The Morgan fingerprint density at radius 1 is 1.06 bits per heavy atom. The average molecular weight is 249 g/mol. The van der Waals surface area contributed by atoms with E-state index < -0.39 is 5.51 Å². The Kier molecular flexibility index (Phi) is 3.91. The van der Waals surface area contributed by atoms with Crippen LogP contribution in [0.2, 0.25) is 0 Å². The molecule has 0 aromatic heterocycles. The fraction of sp³-hybridized carbons (Fsp3) is 0.455. The van der Waals surface area contributed by atoms with E-state index in [9.17, 15) is 13.2 Å². The first-order valence-corrected chi connectivity index (χ1v) is 5.61. The van der Waals surface area contributed by atoms with Crippen LogP contribution in [0, 0.1) is 0 Å². The van der Waals surface area contributed by atoms with Crippen molar-refractivity contribution in [2.75, 3.05) is 7.05 Å². The quantitative estimate of drug-likeness (QED) is 0.819. The van der Waals surface area contributed by atoms with Crippen molar-refractivity contribution in [2.45, 2.75) is 29.8 Å². The van der Waals surface area contributed by atoms with Crippen LogP contribution < -0.4 is 5.32 Å². The maximum Gasteiger partial charge on any atom is 0.446 e. The highest BCUT2D eigenvalue weighted by molar-refractivity contribution is 8.00. The van der Waals surface area contributed by atoms with Gasteiger partial charge in [0.2, 0.25) is 0 Å². The normalized spacial score (nSPS) is 12.9. The number of nitrogens with one attached hydrogen (secondary N) is 1. The Hall–Kier alpha value is -0.680. The predicted octanol–water partition coefficient (Wildman–Crippen LogP) is 3.75. The van der Waals surface area contributed by atoms with Crippen LogP contribution in [0.15, 0.2) is 29.2 Å². The van der Waals surface area contributed by atoms with Crippen molar-refractivity contribution in [3.63, 3.8) is 0 Å². The molecule has 16 heavy (non-hydrogen) atoms. The summed E-state index contributed by atoms with van der Waals surface area (Å²) in [5.41, 5.74) is -3.50. The molecule has 0 unspecified atom stereocenters. The van der Waals surface area contributed by atoms with Crippen LogP contribution in [0.3, 0.4) is 0 Å². The lowest BCUT2D eigenvalue weighted by Crippen LogP contribution is -2.32. The van der Waals surface area contributed by atoms with Crippen molar-refractivity contribution in [1.29, 1.82) is 0 Å². The molecule has 0 saturated carbocycles. The fourth-order valence-electron chi connectivity index (χ4n) is 1.22. The zero-order valence-corrected chi connectivity index (χ0v) is 10.2. The van der Waals surface area contributed by atoms with Gasteiger partial charge in [0.25, 0.3) is 0 Å². The molecular weight excluding hydrogens is 235 g/mol. The molecule has 0 radical (unpaired) electrons.